The average molecular weight is 416 g/mol. The standard InChI is InChI=1S/C26H16N4O2/c1-3-17-19(4-2)29-23(27-17)13-9-10-14-22-16(12-11-15(21(13)22)25(29)31)26(32)30-20-8-6-5-7-18(20)28-24(14)30/h3-12H,1-2H3/b17-3+,19-4+. The van der Waals surface area contributed by atoms with Crippen LogP contribution in [-0.4, -0.2) is 18.8 Å². The molecule has 3 aromatic carbocycles. The number of nitrogens with zero attached hydrogens (tertiary/aromatic N) is 4. The summed E-state index contributed by atoms with van der Waals surface area (Å²) in [5, 5.41) is 5.97. The highest BCUT2D eigenvalue weighted by Gasteiger charge is 2.21. The molecule has 0 saturated heterocycles. The Morgan fingerprint density at radius 2 is 1.28 bits per heavy atom. The highest BCUT2D eigenvalue weighted by atomic mass is 16.1. The van der Waals surface area contributed by atoms with Crippen molar-refractivity contribution in [2.45, 2.75) is 13.8 Å². The van der Waals surface area contributed by atoms with Crippen LogP contribution in [0, 0.1) is 0 Å². The maximum absolute atomic E-state index is 13.6. The van der Waals surface area contributed by atoms with Gasteiger partial charge in [0, 0.05) is 32.3 Å². The molecule has 0 amide bonds. The largest absolute Gasteiger partial charge is 0.268 e. The molecule has 7 rings (SSSR count). The molecule has 0 fully saturated rings. The Morgan fingerprint density at radius 3 is 1.94 bits per heavy atom. The lowest BCUT2D eigenvalue weighted by Crippen LogP contribution is -2.32. The maximum atomic E-state index is 13.6. The molecule has 4 aromatic heterocycles. The molecule has 6 heteroatoms. The third-order valence-electron chi connectivity index (χ3n) is 6.56. The molecule has 152 valence electrons. The first-order valence-corrected chi connectivity index (χ1v) is 10.5. The quantitative estimate of drug-likeness (QED) is 0.357. The van der Waals surface area contributed by atoms with Crippen LogP contribution in [-0.2, 0) is 0 Å². The van der Waals surface area contributed by atoms with Crippen LogP contribution in [0.2, 0.25) is 0 Å². The van der Waals surface area contributed by atoms with Crippen molar-refractivity contribution >= 4 is 66.8 Å². The number of hydrogen-bond acceptors (Lipinski definition) is 4. The number of para-hydroxylation sites is 2. The van der Waals surface area contributed by atoms with E-state index in [9.17, 15) is 9.59 Å². The van der Waals surface area contributed by atoms with Gasteiger partial charge in [0.15, 0.2) is 0 Å². The molecule has 0 spiro atoms. The monoisotopic (exact) mass is 416 g/mol. The molecule has 0 aliphatic rings. The van der Waals surface area contributed by atoms with Crippen molar-refractivity contribution in [1.29, 1.82) is 0 Å². The predicted octanol–water partition coefficient (Wildman–Crippen LogP) is 2.79. The molecule has 0 unspecified atom stereocenters. The van der Waals surface area contributed by atoms with E-state index in [4.69, 9.17) is 9.97 Å². The third kappa shape index (κ3) is 1.82. The second-order valence-electron chi connectivity index (χ2n) is 8.06. The van der Waals surface area contributed by atoms with Gasteiger partial charge in [-0.05, 0) is 50.2 Å². The van der Waals surface area contributed by atoms with E-state index < -0.39 is 0 Å². The zero-order valence-electron chi connectivity index (χ0n) is 17.4. The van der Waals surface area contributed by atoms with Crippen LogP contribution >= 0.6 is 0 Å². The Morgan fingerprint density at radius 1 is 0.688 bits per heavy atom. The first-order chi connectivity index (χ1) is 15.6. The molecule has 0 saturated carbocycles. The molecule has 32 heavy (non-hydrogen) atoms. The van der Waals surface area contributed by atoms with Crippen LogP contribution in [0.15, 0.2) is 58.1 Å². The van der Waals surface area contributed by atoms with E-state index in [1.165, 1.54) is 0 Å². The molecular formula is C26H16N4O2. The van der Waals surface area contributed by atoms with Crippen molar-refractivity contribution in [3.8, 4) is 0 Å². The minimum atomic E-state index is -0.128. The highest BCUT2D eigenvalue weighted by Crippen LogP contribution is 2.35. The van der Waals surface area contributed by atoms with E-state index in [0.717, 1.165) is 43.3 Å². The normalized spacial score (nSPS) is 13.9. The van der Waals surface area contributed by atoms with Crippen molar-refractivity contribution in [2.75, 3.05) is 0 Å². The van der Waals surface area contributed by atoms with Crippen molar-refractivity contribution < 1.29 is 0 Å². The smallest absolute Gasteiger partial charge is 0.264 e. The Labute approximate surface area is 179 Å². The van der Waals surface area contributed by atoms with Gasteiger partial charge >= 0.3 is 0 Å². The number of hydrogen-bond donors (Lipinski definition) is 0. The van der Waals surface area contributed by atoms with Crippen LogP contribution < -0.4 is 21.8 Å². The average Bonchev–Trinajstić information content (AvgIpc) is 3.40. The lowest BCUT2D eigenvalue weighted by molar-refractivity contribution is 1.09. The number of imidazole rings is 2. The van der Waals surface area contributed by atoms with Crippen molar-refractivity contribution in [3.05, 3.63) is 79.9 Å². The summed E-state index contributed by atoms with van der Waals surface area (Å²) in [6.45, 7) is 3.82. The van der Waals surface area contributed by atoms with Gasteiger partial charge in [-0.3, -0.25) is 18.4 Å². The predicted molar refractivity (Wildman–Crippen MR) is 128 cm³/mol. The van der Waals surface area contributed by atoms with E-state index in [1.807, 2.05) is 62.4 Å². The van der Waals surface area contributed by atoms with Crippen LogP contribution in [0.4, 0.5) is 0 Å². The van der Waals surface area contributed by atoms with Gasteiger partial charge in [0.2, 0.25) is 0 Å². The molecule has 0 bridgehead atoms. The molecule has 4 heterocycles. The van der Waals surface area contributed by atoms with Gasteiger partial charge in [0.1, 0.15) is 11.3 Å². The number of benzene rings is 3. The summed E-state index contributed by atoms with van der Waals surface area (Å²) in [6.07, 6.45) is 3.81. The fraction of sp³-hybridized carbons (Fsp3) is 0.0769. The van der Waals surface area contributed by atoms with E-state index in [1.54, 1.807) is 20.9 Å². The summed E-state index contributed by atoms with van der Waals surface area (Å²) < 4.78 is 3.35. The first kappa shape index (κ1) is 17.4. The molecule has 0 atom stereocenters. The lowest BCUT2D eigenvalue weighted by Gasteiger charge is -2.11. The van der Waals surface area contributed by atoms with Gasteiger partial charge in [-0.25, -0.2) is 9.97 Å². The Bertz CT molecular complexity index is 2150. The molecule has 0 aliphatic carbocycles. The van der Waals surface area contributed by atoms with E-state index in [2.05, 4.69) is 0 Å². The molecule has 0 N–H and O–H groups in total. The van der Waals surface area contributed by atoms with Gasteiger partial charge < -0.3 is 0 Å². The van der Waals surface area contributed by atoms with Crippen molar-refractivity contribution in [2.24, 2.45) is 0 Å². The summed E-state index contributed by atoms with van der Waals surface area (Å²) in [5.74, 6) is 0. The topological polar surface area (TPSA) is 68.7 Å². The van der Waals surface area contributed by atoms with E-state index in [-0.39, 0.29) is 11.1 Å². The van der Waals surface area contributed by atoms with Gasteiger partial charge in [-0.15, -0.1) is 0 Å². The Hall–Kier alpha value is -4.32. The van der Waals surface area contributed by atoms with Gasteiger partial charge in [0.05, 0.1) is 21.7 Å². The summed E-state index contributed by atoms with van der Waals surface area (Å²) in [5.41, 5.74) is 2.51. The van der Waals surface area contributed by atoms with Crippen LogP contribution in [0.5, 0.6) is 0 Å². The summed E-state index contributed by atoms with van der Waals surface area (Å²) in [6, 6.07) is 15.2. The zero-order valence-corrected chi connectivity index (χ0v) is 17.4. The van der Waals surface area contributed by atoms with Gasteiger partial charge in [-0.2, -0.15) is 0 Å². The minimum Gasteiger partial charge on any atom is -0.268 e. The summed E-state index contributed by atoms with van der Waals surface area (Å²) in [7, 11) is 0. The second-order valence-corrected chi connectivity index (χ2v) is 8.06. The van der Waals surface area contributed by atoms with Gasteiger partial charge in [0.25, 0.3) is 11.1 Å². The molecule has 6 nitrogen and oxygen atoms in total. The van der Waals surface area contributed by atoms with E-state index >= 15 is 0 Å². The van der Waals surface area contributed by atoms with E-state index in [0.29, 0.717) is 22.1 Å². The minimum absolute atomic E-state index is 0.128. The zero-order chi connectivity index (χ0) is 21.7. The molecule has 0 aliphatic heterocycles. The maximum Gasteiger partial charge on any atom is 0.264 e. The molecule has 0 radical (unpaired) electrons. The number of pyridine rings is 2. The fourth-order valence-corrected chi connectivity index (χ4v) is 5.20. The van der Waals surface area contributed by atoms with Crippen molar-refractivity contribution in [3.63, 3.8) is 0 Å². The molecule has 7 aromatic rings. The molecular weight excluding hydrogens is 400 g/mol. The van der Waals surface area contributed by atoms with Crippen LogP contribution in [0.25, 0.3) is 66.8 Å². The summed E-state index contributed by atoms with van der Waals surface area (Å²) >= 11 is 0. The number of rotatable bonds is 0. The number of fused-ring (bicyclic) bond motifs is 6. The van der Waals surface area contributed by atoms with Crippen LogP contribution in [0.3, 0.4) is 0 Å². The fourth-order valence-electron chi connectivity index (χ4n) is 5.20. The Balaban J connectivity index is 1.87. The van der Waals surface area contributed by atoms with Crippen LogP contribution in [0.1, 0.15) is 13.8 Å². The Kier molecular flexibility index (Phi) is 3.08. The summed E-state index contributed by atoms with van der Waals surface area (Å²) in [4.78, 5) is 36.7. The van der Waals surface area contributed by atoms with Gasteiger partial charge in [-0.1, -0.05) is 24.3 Å². The SMILES string of the molecule is C/C=c1/nc2c3ccc4c5c(ccc(c(=O)n2/c1=C/C)c35)c(=O)n1c2ccccc2nc41. The first-order valence-electron chi connectivity index (χ1n) is 10.5. The second kappa shape index (κ2) is 5.68. The lowest BCUT2D eigenvalue weighted by atomic mass is 9.96. The van der Waals surface area contributed by atoms with Crippen molar-refractivity contribution in [1.82, 2.24) is 18.8 Å². The number of aromatic nitrogens is 4. The third-order valence-corrected chi connectivity index (χ3v) is 6.56. The highest BCUT2D eigenvalue weighted by molar-refractivity contribution is 6.27.